The maximum Gasteiger partial charge on any atom is 0.408 e. The summed E-state index contributed by atoms with van der Waals surface area (Å²) in [6.07, 6.45) is -8.57. The molecule has 3 saturated carbocycles. The normalized spacial score (nSPS) is 35.5. The molecule has 0 spiro atoms. The first-order valence-corrected chi connectivity index (χ1v) is 19.6. The van der Waals surface area contributed by atoms with Crippen molar-refractivity contribution in [2.75, 3.05) is 13.2 Å². The van der Waals surface area contributed by atoms with Gasteiger partial charge in [-0.25, -0.2) is 14.4 Å². The van der Waals surface area contributed by atoms with Gasteiger partial charge in [0.1, 0.15) is 29.0 Å². The second kappa shape index (κ2) is 15.2. The van der Waals surface area contributed by atoms with Gasteiger partial charge in [0, 0.05) is 42.6 Å². The first-order valence-electron chi connectivity index (χ1n) is 19.6. The molecule has 1 aliphatic heterocycles. The van der Waals surface area contributed by atoms with E-state index in [4.69, 9.17) is 23.7 Å². The second-order valence-corrected chi connectivity index (χ2v) is 17.7. The SMILES string of the molecule is CCO[C@@]12CO[C@@H]1C[C@H](O)[C@@]1(C)C(=O)C(=O)C3C(C)[C@@H](OC(=O)[C@H](O)[C@@H](NC(=O)OC(C)(C)C)c4ccccc4)C[C@@](O)([C@@H](OC(=O)c4ccccc4)C12)C3(C)C. The molecule has 3 aliphatic carbocycles. The molecule has 1 heterocycles. The van der Waals surface area contributed by atoms with Crippen LogP contribution in [0.5, 0.6) is 0 Å². The summed E-state index contributed by atoms with van der Waals surface area (Å²) in [7, 11) is 0. The molecule has 1 amide bonds. The van der Waals surface area contributed by atoms with Crippen LogP contribution in [-0.2, 0) is 38.1 Å². The Labute approximate surface area is 332 Å². The number of carbonyl (C=O) groups is 5. The van der Waals surface area contributed by atoms with E-state index >= 15 is 0 Å². The molecule has 4 N–H and O–H groups in total. The summed E-state index contributed by atoms with van der Waals surface area (Å²) >= 11 is 0. The smallest absolute Gasteiger partial charge is 0.408 e. The zero-order valence-corrected chi connectivity index (χ0v) is 33.7. The third-order valence-corrected chi connectivity index (χ3v) is 13.0. The highest BCUT2D eigenvalue weighted by Crippen LogP contribution is 2.64. The fourth-order valence-corrected chi connectivity index (χ4v) is 9.94. The topological polar surface area (TPSA) is 204 Å². The standard InChI is InChI=1S/C43H55NO13/c1-9-54-42-22-53-28(42)20-27(45)41(8)33(42)35(56-36(49)25-18-14-11-15-19-25)43(52)21-26(23(2)29(40(43,6)7)31(46)34(41)48)55-37(50)32(47)30(24-16-12-10-13-17-24)44-38(51)57-39(3,4)5/h10-19,23,26-30,32-33,35,45,47,52H,9,20-22H2,1-8H3,(H,44,51)/t23?,26-,27-,28+,29?,30-,32+,33?,35-,41+,42-,43+/m0/s1. The number of benzene rings is 2. The molecular formula is C43H55NO13. The summed E-state index contributed by atoms with van der Waals surface area (Å²) in [6, 6.07) is 15.0. The number of ketones is 2. The van der Waals surface area contributed by atoms with Crippen LogP contribution in [0.25, 0.3) is 0 Å². The number of rotatable bonds is 9. The van der Waals surface area contributed by atoms with E-state index in [0.29, 0.717) is 5.56 Å². The van der Waals surface area contributed by atoms with Gasteiger partial charge in [-0.1, -0.05) is 69.3 Å². The summed E-state index contributed by atoms with van der Waals surface area (Å²) in [6.45, 7) is 13.1. The van der Waals surface area contributed by atoms with E-state index in [2.05, 4.69) is 5.32 Å². The van der Waals surface area contributed by atoms with Crippen molar-refractivity contribution in [2.24, 2.45) is 28.6 Å². The molecule has 3 unspecified atom stereocenters. The lowest BCUT2D eigenvalue weighted by Crippen LogP contribution is -2.82. The summed E-state index contributed by atoms with van der Waals surface area (Å²) in [4.78, 5) is 70.8. The van der Waals surface area contributed by atoms with Gasteiger partial charge in [-0.15, -0.1) is 0 Å². The minimum atomic E-state index is -2.23. The van der Waals surface area contributed by atoms with E-state index in [0.717, 1.165) is 0 Å². The van der Waals surface area contributed by atoms with Gasteiger partial charge in [-0.2, -0.15) is 0 Å². The lowest BCUT2D eigenvalue weighted by Gasteiger charge is -2.68. The Bertz CT molecular complexity index is 1860. The molecule has 4 fully saturated rings. The van der Waals surface area contributed by atoms with E-state index in [1.54, 1.807) is 97.0 Å². The summed E-state index contributed by atoms with van der Waals surface area (Å²) < 4.78 is 30.1. The molecule has 1 saturated heterocycles. The molecular weight excluding hydrogens is 738 g/mol. The maximum atomic E-state index is 14.9. The van der Waals surface area contributed by atoms with Gasteiger partial charge in [0.25, 0.3) is 0 Å². The number of fused-ring (bicyclic) bond motifs is 5. The molecule has 4 aliphatic rings. The van der Waals surface area contributed by atoms with E-state index in [1.165, 1.54) is 19.1 Å². The highest BCUT2D eigenvalue weighted by Gasteiger charge is 2.78. The number of carbonyl (C=O) groups excluding carboxylic acids is 5. The van der Waals surface area contributed by atoms with Gasteiger partial charge < -0.3 is 44.3 Å². The molecule has 0 radical (unpaired) electrons. The van der Waals surface area contributed by atoms with E-state index in [1.807, 2.05) is 0 Å². The summed E-state index contributed by atoms with van der Waals surface area (Å²) in [5.41, 5.74) is -7.44. The Kier molecular flexibility index (Phi) is 11.3. The first-order chi connectivity index (χ1) is 26.6. The van der Waals surface area contributed by atoms with Crippen LogP contribution in [0, 0.1) is 28.6 Å². The highest BCUT2D eigenvalue weighted by molar-refractivity contribution is 6.40. The lowest BCUT2D eigenvalue weighted by atomic mass is 9.42. The molecule has 310 valence electrons. The highest BCUT2D eigenvalue weighted by atomic mass is 16.6. The van der Waals surface area contributed by atoms with Gasteiger partial charge in [0.15, 0.2) is 6.10 Å². The number of esters is 2. The largest absolute Gasteiger partial charge is 0.460 e. The minimum absolute atomic E-state index is 0.0501. The van der Waals surface area contributed by atoms with Crippen LogP contribution >= 0.6 is 0 Å². The van der Waals surface area contributed by atoms with Crippen molar-refractivity contribution in [3.05, 3.63) is 71.8 Å². The van der Waals surface area contributed by atoms with Gasteiger partial charge in [0.2, 0.25) is 11.6 Å². The Morgan fingerprint density at radius 1 is 0.982 bits per heavy atom. The average Bonchev–Trinajstić information content (AvgIpc) is 3.15. The number of alkyl carbamates (subject to hydrolysis) is 1. The molecule has 14 heteroatoms. The minimum Gasteiger partial charge on any atom is -0.460 e. The molecule has 2 bridgehead atoms. The van der Waals surface area contributed by atoms with Gasteiger partial charge >= 0.3 is 18.0 Å². The van der Waals surface area contributed by atoms with Crippen molar-refractivity contribution in [2.45, 2.75) is 122 Å². The molecule has 2 aromatic rings. The van der Waals surface area contributed by atoms with Crippen LogP contribution in [0.1, 0.15) is 90.2 Å². The zero-order chi connectivity index (χ0) is 41.9. The van der Waals surface area contributed by atoms with Crippen molar-refractivity contribution >= 4 is 29.6 Å². The Morgan fingerprint density at radius 3 is 2.16 bits per heavy atom. The fourth-order valence-electron chi connectivity index (χ4n) is 9.94. The summed E-state index contributed by atoms with van der Waals surface area (Å²) in [5, 5.41) is 39.4. The van der Waals surface area contributed by atoms with Crippen LogP contribution < -0.4 is 5.32 Å². The second-order valence-electron chi connectivity index (χ2n) is 17.7. The fraction of sp³-hybridized carbons (Fsp3) is 0.605. The van der Waals surface area contributed by atoms with Gasteiger partial charge in [-0.05, 0) is 52.3 Å². The Balaban J connectivity index is 1.45. The third kappa shape index (κ3) is 7.07. The molecule has 14 nitrogen and oxygen atoms in total. The molecule has 0 aromatic heterocycles. The molecule has 2 aromatic carbocycles. The predicted molar refractivity (Wildman–Crippen MR) is 202 cm³/mol. The predicted octanol–water partition coefficient (Wildman–Crippen LogP) is 3.88. The number of aliphatic hydroxyl groups excluding tert-OH is 2. The van der Waals surface area contributed by atoms with Crippen molar-refractivity contribution in [3.8, 4) is 0 Å². The average molecular weight is 794 g/mol. The van der Waals surface area contributed by atoms with Crippen molar-refractivity contribution in [1.29, 1.82) is 0 Å². The van der Waals surface area contributed by atoms with Crippen LogP contribution in [0.4, 0.5) is 4.79 Å². The van der Waals surface area contributed by atoms with Gasteiger partial charge in [0.05, 0.1) is 35.8 Å². The zero-order valence-electron chi connectivity index (χ0n) is 33.7. The number of aliphatic hydroxyl groups is 3. The van der Waals surface area contributed by atoms with Crippen molar-refractivity contribution in [1.82, 2.24) is 5.32 Å². The van der Waals surface area contributed by atoms with Gasteiger partial charge in [-0.3, -0.25) is 9.59 Å². The third-order valence-electron chi connectivity index (χ3n) is 13.0. The van der Waals surface area contributed by atoms with E-state index in [9.17, 15) is 39.3 Å². The number of ether oxygens (including phenoxy) is 5. The van der Waals surface area contributed by atoms with E-state index < -0.39 is 118 Å². The van der Waals surface area contributed by atoms with Crippen molar-refractivity contribution < 1.29 is 63.0 Å². The van der Waals surface area contributed by atoms with Crippen molar-refractivity contribution in [3.63, 3.8) is 0 Å². The Morgan fingerprint density at radius 2 is 1.60 bits per heavy atom. The lowest BCUT2D eigenvalue weighted by molar-refractivity contribution is -0.359. The molecule has 57 heavy (non-hydrogen) atoms. The Hall–Kier alpha value is -4.21. The number of hydrogen-bond acceptors (Lipinski definition) is 13. The first kappa shape index (κ1) is 42.4. The van der Waals surface area contributed by atoms with Crippen LogP contribution in [0.2, 0.25) is 0 Å². The van der Waals surface area contributed by atoms with Crippen LogP contribution in [0.3, 0.4) is 0 Å². The number of Topliss-reactive ketones (excluding diaryl/α,β-unsaturated/α-hetero) is 2. The maximum absolute atomic E-state index is 14.9. The van der Waals surface area contributed by atoms with Crippen LogP contribution in [-0.4, -0.2) is 105 Å². The number of nitrogens with one attached hydrogen (secondary N) is 1. The number of amides is 1. The summed E-state index contributed by atoms with van der Waals surface area (Å²) in [5.74, 6) is -7.45. The van der Waals surface area contributed by atoms with Crippen LogP contribution in [0.15, 0.2) is 60.7 Å². The molecule has 6 rings (SSSR count). The monoisotopic (exact) mass is 793 g/mol. The molecule has 12 atom stereocenters. The van der Waals surface area contributed by atoms with E-state index in [-0.39, 0.29) is 25.2 Å². The quantitative estimate of drug-likeness (QED) is 0.162. The number of hydrogen-bond donors (Lipinski definition) is 4.